The standard InChI is InChI=1S/C9H12NO2P.C5H12NO3P.C4H8O.C2H6O/c1-8(10-12-13-11)7-9-5-3-2-4-6-9;1-5-4-6(5)10(7,8-2)9-3;1-2-4-5-3-1;1-3-2/h2-6,8,10H,7H2,1H3;5H,4H2,1-3H3;1-4H2;1-2H3/t8-;5-,6?;;/m00../s1. The van der Waals surface area contributed by atoms with Crippen LogP contribution in [0.25, 0.3) is 0 Å². The minimum atomic E-state index is -2.86. The minimum absolute atomic E-state index is 0.156. The molecule has 3 rings (SSSR count). The molecule has 9 nitrogen and oxygen atoms in total. The molecule has 1 aromatic rings. The Morgan fingerprint density at radius 2 is 1.68 bits per heavy atom. The van der Waals surface area contributed by atoms with E-state index in [2.05, 4.69) is 14.8 Å². The zero-order chi connectivity index (χ0) is 23.5. The zero-order valence-corrected chi connectivity index (χ0v) is 21.3. The highest BCUT2D eigenvalue weighted by Gasteiger charge is 2.45. The highest BCUT2D eigenvalue weighted by atomic mass is 31.2. The van der Waals surface area contributed by atoms with E-state index in [4.69, 9.17) is 13.8 Å². The number of hydrogen-bond acceptors (Lipinski definition) is 8. The maximum absolute atomic E-state index is 11.4. The summed E-state index contributed by atoms with van der Waals surface area (Å²) in [6, 6.07) is 10.6. The molecule has 2 aliphatic rings. The second kappa shape index (κ2) is 18.8. The maximum atomic E-state index is 11.4. The minimum Gasteiger partial charge on any atom is -0.388 e. The van der Waals surface area contributed by atoms with Crippen LogP contribution in [-0.4, -0.2) is 65.0 Å². The molecule has 0 radical (unpaired) electrons. The number of ether oxygens (including phenoxy) is 2. The van der Waals surface area contributed by atoms with Gasteiger partial charge in [0.2, 0.25) is 0 Å². The monoisotopic (exact) mass is 480 g/mol. The Morgan fingerprint density at radius 3 is 2.00 bits per heavy atom. The number of benzene rings is 1. The molecule has 0 amide bonds. The van der Waals surface area contributed by atoms with Crippen LogP contribution in [0.5, 0.6) is 0 Å². The second-order valence-electron chi connectivity index (χ2n) is 6.91. The van der Waals surface area contributed by atoms with E-state index in [0.717, 1.165) is 26.2 Å². The van der Waals surface area contributed by atoms with Crippen molar-refractivity contribution < 1.29 is 32.3 Å². The van der Waals surface area contributed by atoms with Gasteiger partial charge in [0.25, 0.3) is 0 Å². The highest BCUT2D eigenvalue weighted by Crippen LogP contribution is 2.56. The van der Waals surface area contributed by atoms with E-state index in [1.54, 1.807) is 18.9 Å². The van der Waals surface area contributed by atoms with Gasteiger partial charge in [-0.1, -0.05) is 30.3 Å². The lowest BCUT2D eigenvalue weighted by atomic mass is 10.1. The summed E-state index contributed by atoms with van der Waals surface area (Å²) in [7, 11) is 2.85. The summed E-state index contributed by atoms with van der Waals surface area (Å²) in [4.78, 5) is 0. The topological polar surface area (TPSA) is 95.3 Å². The summed E-state index contributed by atoms with van der Waals surface area (Å²) in [6.07, 6.45) is 3.41. The Bertz CT molecular complexity index is 591. The molecule has 2 aliphatic heterocycles. The third-order valence-corrected chi connectivity index (χ3v) is 6.40. The predicted octanol–water partition coefficient (Wildman–Crippen LogP) is 4.50. The molecule has 1 N–H and O–H groups in total. The van der Waals surface area contributed by atoms with Gasteiger partial charge in [0.15, 0.2) is 0 Å². The molecular formula is C20H38N2O7P2. The average Bonchev–Trinajstić information content (AvgIpc) is 3.24. The normalized spacial score (nSPS) is 20.3. The van der Waals surface area contributed by atoms with Crippen LogP contribution in [-0.2, 0) is 38.7 Å². The van der Waals surface area contributed by atoms with Crippen molar-refractivity contribution in [2.45, 2.75) is 45.2 Å². The van der Waals surface area contributed by atoms with Crippen LogP contribution < -0.4 is 5.48 Å². The van der Waals surface area contributed by atoms with Crippen molar-refractivity contribution in [1.82, 2.24) is 10.2 Å². The first-order chi connectivity index (χ1) is 14.9. The van der Waals surface area contributed by atoms with Crippen LogP contribution in [0.2, 0.25) is 0 Å². The van der Waals surface area contributed by atoms with E-state index in [-0.39, 0.29) is 14.7 Å². The van der Waals surface area contributed by atoms with Crippen molar-refractivity contribution in [3.8, 4) is 0 Å². The molecule has 31 heavy (non-hydrogen) atoms. The van der Waals surface area contributed by atoms with Crippen LogP contribution in [0, 0.1) is 0 Å². The largest absolute Gasteiger partial charge is 0.407 e. The molecule has 1 unspecified atom stereocenters. The molecule has 0 aliphatic carbocycles. The molecule has 0 bridgehead atoms. The summed E-state index contributed by atoms with van der Waals surface area (Å²) < 4.78 is 46.3. The van der Waals surface area contributed by atoms with Gasteiger partial charge in [0.05, 0.1) is 0 Å². The van der Waals surface area contributed by atoms with Gasteiger partial charge in [-0.05, 0) is 38.7 Å². The van der Waals surface area contributed by atoms with Gasteiger partial charge < -0.3 is 9.47 Å². The van der Waals surface area contributed by atoms with Crippen LogP contribution in [0.15, 0.2) is 30.3 Å². The fraction of sp³-hybridized carbons (Fsp3) is 0.700. The Kier molecular flexibility index (Phi) is 18.4. The van der Waals surface area contributed by atoms with E-state index in [0.29, 0.717) is 6.04 Å². The molecular weight excluding hydrogens is 442 g/mol. The van der Waals surface area contributed by atoms with Crippen molar-refractivity contribution in [3.63, 3.8) is 0 Å². The van der Waals surface area contributed by atoms with Crippen molar-refractivity contribution in [2.75, 3.05) is 48.2 Å². The SMILES string of the molecule is C1CCOC1.COC.COP(=O)(OC)N1C[C@@H]1C.C[C@@H](Cc1ccccc1)NOP=O. The summed E-state index contributed by atoms with van der Waals surface area (Å²) in [5.41, 5.74) is 3.89. The molecule has 3 atom stereocenters. The van der Waals surface area contributed by atoms with Crippen molar-refractivity contribution in [2.24, 2.45) is 0 Å². The predicted molar refractivity (Wildman–Crippen MR) is 122 cm³/mol. The zero-order valence-electron chi connectivity index (χ0n) is 19.5. The number of rotatable bonds is 8. The number of hydrogen-bond donors (Lipinski definition) is 1. The van der Waals surface area contributed by atoms with Crippen molar-refractivity contribution in [3.05, 3.63) is 35.9 Å². The van der Waals surface area contributed by atoms with E-state index >= 15 is 0 Å². The number of methoxy groups -OCH3 is 1. The molecule has 2 saturated heterocycles. The van der Waals surface area contributed by atoms with E-state index < -0.39 is 7.75 Å². The lowest BCUT2D eigenvalue weighted by Gasteiger charge is -2.13. The second-order valence-corrected chi connectivity index (χ2v) is 9.42. The Balaban J connectivity index is 0.000000439. The first-order valence-corrected chi connectivity index (χ1v) is 12.4. The van der Waals surface area contributed by atoms with Gasteiger partial charge in [-0.3, -0.25) is 9.05 Å². The van der Waals surface area contributed by atoms with Crippen LogP contribution in [0.4, 0.5) is 0 Å². The lowest BCUT2D eigenvalue weighted by molar-refractivity contribution is 0.182. The first kappa shape index (κ1) is 30.3. The summed E-state index contributed by atoms with van der Waals surface area (Å²) in [5.74, 6) is 0. The lowest BCUT2D eigenvalue weighted by Crippen LogP contribution is -2.25. The molecule has 180 valence electrons. The summed E-state index contributed by atoms with van der Waals surface area (Å²) in [6.45, 7) is 6.75. The number of hydroxylamine groups is 1. The molecule has 11 heteroatoms. The molecule has 0 spiro atoms. The Labute approximate surface area is 188 Å². The Morgan fingerprint density at radius 1 is 1.16 bits per heavy atom. The van der Waals surface area contributed by atoms with Crippen molar-refractivity contribution >= 4 is 16.4 Å². The molecule has 2 fully saturated rings. The van der Waals surface area contributed by atoms with E-state index in [9.17, 15) is 9.13 Å². The number of nitrogens with one attached hydrogen (secondary N) is 1. The van der Waals surface area contributed by atoms with Gasteiger partial charge in [-0.25, -0.2) is 18.4 Å². The molecule has 0 saturated carbocycles. The van der Waals surface area contributed by atoms with E-state index in [1.807, 2.05) is 44.2 Å². The van der Waals surface area contributed by atoms with Crippen LogP contribution >= 0.6 is 16.4 Å². The van der Waals surface area contributed by atoms with Gasteiger partial charge >= 0.3 is 16.4 Å². The van der Waals surface area contributed by atoms with Gasteiger partial charge in [0, 0.05) is 60.3 Å². The maximum Gasteiger partial charge on any atom is 0.407 e. The quantitative estimate of drug-likeness (QED) is 0.328. The summed E-state index contributed by atoms with van der Waals surface area (Å²) >= 11 is 0. The molecule has 1 aromatic carbocycles. The smallest absolute Gasteiger partial charge is 0.388 e. The van der Waals surface area contributed by atoms with Crippen molar-refractivity contribution in [1.29, 1.82) is 0 Å². The Hall–Kier alpha value is -0.730. The summed E-state index contributed by atoms with van der Waals surface area (Å²) in [5, 5.41) is 0. The average molecular weight is 480 g/mol. The third-order valence-electron chi connectivity index (χ3n) is 4.11. The van der Waals surface area contributed by atoms with Crippen LogP contribution in [0.1, 0.15) is 32.3 Å². The van der Waals surface area contributed by atoms with Gasteiger partial charge in [-0.2, -0.15) is 5.48 Å². The van der Waals surface area contributed by atoms with Gasteiger partial charge in [-0.15, -0.1) is 0 Å². The van der Waals surface area contributed by atoms with Gasteiger partial charge in [0.1, 0.15) is 0 Å². The highest BCUT2D eigenvalue weighted by molar-refractivity contribution is 7.51. The molecule has 0 aromatic heterocycles. The van der Waals surface area contributed by atoms with E-state index in [1.165, 1.54) is 32.6 Å². The first-order valence-electron chi connectivity index (χ1n) is 10.1. The molecule has 2 heterocycles. The fourth-order valence-corrected chi connectivity index (χ4v) is 4.19. The van der Waals surface area contributed by atoms with Crippen LogP contribution in [0.3, 0.4) is 0 Å². The third kappa shape index (κ3) is 14.9. The fourth-order valence-electron chi connectivity index (χ4n) is 2.48. The number of nitrogens with zero attached hydrogens (tertiary/aromatic N) is 1.